The number of halogens is 2. The van der Waals surface area contributed by atoms with Crippen LogP contribution in [0.15, 0.2) is 29.8 Å². The third-order valence-corrected chi connectivity index (χ3v) is 4.69. The lowest BCUT2D eigenvalue weighted by molar-refractivity contribution is 0.535. The van der Waals surface area contributed by atoms with Gasteiger partial charge in [-0.25, -0.2) is 9.37 Å². The quantitative estimate of drug-likeness (QED) is 0.709. The highest BCUT2D eigenvalue weighted by atomic mass is 35.5. The van der Waals surface area contributed by atoms with Gasteiger partial charge >= 0.3 is 0 Å². The summed E-state index contributed by atoms with van der Waals surface area (Å²) in [4.78, 5) is 5.58. The Morgan fingerprint density at radius 1 is 1.42 bits per heavy atom. The Labute approximate surface area is 122 Å². The summed E-state index contributed by atoms with van der Waals surface area (Å²) in [5.74, 6) is 0.808. The third-order valence-electron chi connectivity index (χ3n) is 3.26. The zero-order valence-electron chi connectivity index (χ0n) is 10.9. The first kappa shape index (κ1) is 14.5. The molecule has 19 heavy (non-hydrogen) atoms. The highest BCUT2D eigenvalue weighted by Gasteiger charge is 2.11. The van der Waals surface area contributed by atoms with Gasteiger partial charge in [0.1, 0.15) is 5.82 Å². The number of hydrogen-bond acceptors (Lipinski definition) is 2. The van der Waals surface area contributed by atoms with Gasteiger partial charge in [-0.2, -0.15) is 0 Å². The fraction of sp³-hybridized carbons (Fsp3) is 0.400. The van der Waals surface area contributed by atoms with Gasteiger partial charge in [0.2, 0.25) is 0 Å². The molecule has 0 saturated heterocycles. The van der Waals surface area contributed by atoms with Crippen molar-refractivity contribution < 1.29 is 4.39 Å². The van der Waals surface area contributed by atoms with E-state index < -0.39 is 0 Å². The van der Waals surface area contributed by atoms with Gasteiger partial charge in [0.15, 0.2) is 0 Å². The number of alkyl halides is 1. The van der Waals surface area contributed by atoms with Crippen LogP contribution in [0.1, 0.15) is 22.6 Å². The van der Waals surface area contributed by atoms with E-state index in [2.05, 4.69) is 4.98 Å². The molecule has 0 aliphatic heterocycles. The SMILES string of the molecule is Cc1ncsc1CCC(CCl)Cc1cccc(F)c1. The molecule has 0 fully saturated rings. The molecule has 1 nitrogen and oxygen atoms in total. The summed E-state index contributed by atoms with van der Waals surface area (Å²) in [5.41, 5.74) is 4.02. The van der Waals surface area contributed by atoms with E-state index in [9.17, 15) is 4.39 Å². The Balaban J connectivity index is 1.92. The van der Waals surface area contributed by atoms with Gasteiger partial charge < -0.3 is 0 Å². The lowest BCUT2D eigenvalue weighted by Gasteiger charge is -2.13. The zero-order valence-corrected chi connectivity index (χ0v) is 12.5. The topological polar surface area (TPSA) is 12.9 Å². The van der Waals surface area contributed by atoms with Crippen LogP contribution in [-0.4, -0.2) is 10.9 Å². The normalized spacial score (nSPS) is 12.6. The van der Waals surface area contributed by atoms with E-state index in [1.165, 1.54) is 10.9 Å². The Bertz CT molecular complexity index is 526. The van der Waals surface area contributed by atoms with Crippen molar-refractivity contribution in [3.05, 3.63) is 51.7 Å². The van der Waals surface area contributed by atoms with Crippen molar-refractivity contribution in [2.45, 2.75) is 26.2 Å². The van der Waals surface area contributed by atoms with Crippen LogP contribution in [0.25, 0.3) is 0 Å². The highest BCUT2D eigenvalue weighted by molar-refractivity contribution is 7.09. The summed E-state index contributed by atoms with van der Waals surface area (Å²) in [6.45, 7) is 2.04. The number of aromatic nitrogens is 1. The van der Waals surface area contributed by atoms with Gasteiger partial charge in [0.05, 0.1) is 11.2 Å². The molecule has 102 valence electrons. The molecule has 0 spiro atoms. The second-order valence-corrected chi connectivity index (χ2v) is 6.00. The zero-order chi connectivity index (χ0) is 13.7. The highest BCUT2D eigenvalue weighted by Crippen LogP contribution is 2.21. The number of nitrogens with zero attached hydrogens (tertiary/aromatic N) is 1. The smallest absolute Gasteiger partial charge is 0.123 e. The van der Waals surface area contributed by atoms with Crippen LogP contribution in [0.4, 0.5) is 4.39 Å². The average Bonchev–Trinajstić information content (AvgIpc) is 2.80. The molecule has 0 radical (unpaired) electrons. The summed E-state index contributed by atoms with van der Waals surface area (Å²) >= 11 is 7.73. The molecule has 2 rings (SSSR count). The number of thiazole rings is 1. The van der Waals surface area contributed by atoms with Crippen molar-refractivity contribution >= 4 is 22.9 Å². The van der Waals surface area contributed by atoms with Crippen molar-refractivity contribution in [1.82, 2.24) is 4.98 Å². The van der Waals surface area contributed by atoms with Crippen molar-refractivity contribution in [1.29, 1.82) is 0 Å². The first-order valence-electron chi connectivity index (χ1n) is 6.38. The molecule has 1 atom stereocenters. The van der Waals surface area contributed by atoms with E-state index in [1.54, 1.807) is 23.5 Å². The molecule has 0 aliphatic carbocycles. The summed E-state index contributed by atoms with van der Waals surface area (Å²) in [6.07, 6.45) is 2.85. The van der Waals surface area contributed by atoms with Gasteiger partial charge in [0.25, 0.3) is 0 Å². The molecule has 0 aliphatic rings. The van der Waals surface area contributed by atoms with E-state index in [1.807, 2.05) is 18.5 Å². The maximum Gasteiger partial charge on any atom is 0.123 e. The molecule has 1 unspecified atom stereocenters. The summed E-state index contributed by atoms with van der Waals surface area (Å²) in [7, 11) is 0. The first-order valence-corrected chi connectivity index (χ1v) is 7.80. The molecule has 1 heterocycles. The molecule has 0 bridgehead atoms. The fourth-order valence-electron chi connectivity index (χ4n) is 2.13. The van der Waals surface area contributed by atoms with E-state index in [0.717, 1.165) is 30.5 Å². The second-order valence-electron chi connectivity index (χ2n) is 4.75. The van der Waals surface area contributed by atoms with Crippen LogP contribution < -0.4 is 0 Å². The molecule has 0 saturated carbocycles. The second kappa shape index (κ2) is 7.01. The predicted molar refractivity (Wildman–Crippen MR) is 79.5 cm³/mol. The summed E-state index contributed by atoms with van der Waals surface area (Å²) in [5, 5.41) is 0. The van der Waals surface area contributed by atoms with E-state index >= 15 is 0 Å². The number of benzene rings is 1. The average molecular weight is 298 g/mol. The molecule has 2 aromatic rings. The summed E-state index contributed by atoms with van der Waals surface area (Å²) < 4.78 is 13.1. The van der Waals surface area contributed by atoms with Gasteiger partial charge in [-0.05, 0) is 49.8 Å². The van der Waals surface area contributed by atoms with Gasteiger partial charge in [-0.3, -0.25) is 0 Å². The van der Waals surface area contributed by atoms with Crippen LogP contribution in [-0.2, 0) is 12.8 Å². The monoisotopic (exact) mass is 297 g/mol. The maximum atomic E-state index is 13.1. The molecule has 1 aromatic carbocycles. The van der Waals surface area contributed by atoms with E-state index in [-0.39, 0.29) is 5.82 Å². The Morgan fingerprint density at radius 2 is 2.26 bits per heavy atom. The van der Waals surface area contributed by atoms with Crippen molar-refractivity contribution in [3.63, 3.8) is 0 Å². The molecule has 4 heteroatoms. The number of aryl methyl sites for hydroxylation is 2. The standard InChI is InChI=1S/C15H17ClFNS/c1-11-15(19-10-18-11)6-5-13(9-16)7-12-3-2-4-14(17)8-12/h2-4,8,10,13H,5-7,9H2,1H3. The molecule has 0 amide bonds. The van der Waals surface area contributed by atoms with Crippen LogP contribution in [0, 0.1) is 18.7 Å². The minimum Gasteiger partial charge on any atom is -0.250 e. The summed E-state index contributed by atoms with van der Waals surface area (Å²) in [6, 6.07) is 6.78. The molecular weight excluding hydrogens is 281 g/mol. The maximum absolute atomic E-state index is 13.1. The fourth-order valence-corrected chi connectivity index (χ4v) is 3.19. The predicted octanol–water partition coefficient (Wildman–Crippen LogP) is 4.62. The van der Waals surface area contributed by atoms with Crippen LogP contribution in [0.3, 0.4) is 0 Å². The number of rotatable bonds is 6. The van der Waals surface area contributed by atoms with E-state index in [0.29, 0.717) is 11.8 Å². The Hall–Kier alpha value is -0.930. The molecule has 0 N–H and O–H groups in total. The van der Waals surface area contributed by atoms with Crippen molar-refractivity contribution in [2.75, 3.05) is 5.88 Å². The van der Waals surface area contributed by atoms with Gasteiger partial charge in [-0.1, -0.05) is 12.1 Å². The Morgan fingerprint density at radius 3 is 2.89 bits per heavy atom. The van der Waals surface area contributed by atoms with Crippen LogP contribution in [0.5, 0.6) is 0 Å². The first-order chi connectivity index (χ1) is 9.19. The van der Waals surface area contributed by atoms with Crippen molar-refractivity contribution in [3.8, 4) is 0 Å². The molecular formula is C15H17ClFNS. The number of hydrogen-bond donors (Lipinski definition) is 0. The lowest BCUT2D eigenvalue weighted by atomic mass is 9.96. The molecule has 1 aromatic heterocycles. The Kier molecular flexibility index (Phi) is 5.34. The lowest BCUT2D eigenvalue weighted by Crippen LogP contribution is -2.08. The third kappa shape index (κ3) is 4.29. The van der Waals surface area contributed by atoms with Crippen molar-refractivity contribution in [2.24, 2.45) is 5.92 Å². The minimum absolute atomic E-state index is 0.177. The van der Waals surface area contributed by atoms with Crippen LogP contribution >= 0.6 is 22.9 Å². The van der Waals surface area contributed by atoms with Crippen LogP contribution in [0.2, 0.25) is 0 Å². The van der Waals surface area contributed by atoms with Gasteiger partial charge in [-0.15, -0.1) is 22.9 Å². The van der Waals surface area contributed by atoms with E-state index in [4.69, 9.17) is 11.6 Å². The minimum atomic E-state index is -0.177. The largest absolute Gasteiger partial charge is 0.250 e. The van der Waals surface area contributed by atoms with Gasteiger partial charge in [0, 0.05) is 10.8 Å².